The average molecular weight is 174 g/mol. The van der Waals surface area contributed by atoms with Crippen molar-refractivity contribution in [3.8, 4) is 0 Å². The van der Waals surface area contributed by atoms with Crippen LogP contribution in [0, 0.1) is 0 Å². The van der Waals surface area contributed by atoms with Gasteiger partial charge in [0.05, 0.1) is 5.69 Å². The molecule has 1 rings (SSSR count). The van der Waals surface area contributed by atoms with Crippen molar-refractivity contribution < 1.29 is 0 Å². The number of halogens is 1. The SMILES string of the molecule is CSCc1cc(Cl)ccn1. The van der Waals surface area contributed by atoms with Gasteiger partial charge >= 0.3 is 0 Å². The van der Waals surface area contributed by atoms with Crippen LogP contribution in [0.15, 0.2) is 18.3 Å². The number of nitrogens with zero attached hydrogens (tertiary/aromatic N) is 1. The number of aromatic nitrogens is 1. The summed E-state index contributed by atoms with van der Waals surface area (Å²) < 4.78 is 0. The molecule has 0 bridgehead atoms. The van der Waals surface area contributed by atoms with Crippen LogP contribution in [-0.2, 0) is 5.75 Å². The van der Waals surface area contributed by atoms with E-state index in [0.717, 1.165) is 16.5 Å². The van der Waals surface area contributed by atoms with Crippen LogP contribution >= 0.6 is 23.4 Å². The van der Waals surface area contributed by atoms with E-state index in [4.69, 9.17) is 11.6 Å². The van der Waals surface area contributed by atoms with Crippen LogP contribution in [0.1, 0.15) is 5.69 Å². The highest BCUT2D eigenvalue weighted by Gasteiger charge is 1.92. The third-order valence-corrected chi connectivity index (χ3v) is 1.89. The Bertz CT molecular complexity index is 215. The van der Waals surface area contributed by atoms with Gasteiger partial charge in [-0.05, 0) is 18.4 Å². The number of hydrogen-bond donors (Lipinski definition) is 0. The summed E-state index contributed by atoms with van der Waals surface area (Å²) in [7, 11) is 0. The summed E-state index contributed by atoms with van der Waals surface area (Å²) in [6.07, 6.45) is 3.77. The van der Waals surface area contributed by atoms with Crippen molar-refractivity contribution in [3.63, 3.8) is 0 Å². The number of thioether (sulfide) groups is 1. The van der Waals surface area contributed by atoms with Crippen LogP contribution in [0.4, 0.5) is 0 Å². The molecule has 0 aromatic carbocycles. The summed E-state index contributed by atoms with van der Waals surface area (Å²) in [6.45, 7) is 0. The van der Waals surface area contributed by atoms with E-state index in [1.54, 1.807) is 24.0 Å². The lowest BCUT2D eigenvalue weighted by atomic mass is 10.4. The molecule has 0 unspecified atom stereocenters. The highest BCUT2D eigenvalue weighted by atomic mass is 35.5. The highest BCUT2D eigenvalue weighted by molar-refractivity contribution is 7.97. The molecule has 3 heteroatoms. The maximum atomic E-state index is 5.73. The molecule has 0 radical (unpaired) electrons. The van der Waals surface area contributed by atoms with Crippen LogP contribution < -0.4 is 0 Å². The van der Waals surface area contributed by atoms with E-state index in [1.807, 2.05) is 12.3 Å². The second-order valence-electron chi connectivity index (χ2n) is 1.90. The Morgan fingerprint density at radius 3 is 3.10 bits per heavy atom. The Morgan fingerprint density at radius 2 is 2.50 bits per heavy atom. The molecule has 0 fully saturated rings. The molecule has 0 saturated carbocycles. The minimum atomic E-state index is 0.763. The third kappa shape index (κ3) is 2.20. The molecule has 0 aliphatic heterocycles. The average Bonchev–Trinajstić information content (AvgIpc) is 1.88. The highest BCUT2D eigenvalue weighted by Crippen LogP contribution is 2.11. The summed E-state index contributed by atoms with van der Waals surface area (Å²) in [5.74, 6) is 0.931. The lowest BCUT2D eigenvalue weighted by molar-refractivity contribution is 1.18. The summed E-state index contributed by atoms with van der Waals surface area (Å²) in [5, 5.41) is 0.763. The largest absolute Gasteiger partial charge is 0.260 e. The van der Waals surface area contributed by atoms with Gasteiger partial charge in [-0.25, -0.2) is 0 Å². The zero-order valence-electron chi connectivity index (χ0n) is 5.67. The van der Waals surface area contributed by atoms with Gasteiger partial charge in [0.15, 0.2) is 0 Å². The van der Waals surface area contributed by atoms with E-state index >= 15 is 0 Å². The molecule has 0 N–H and O–H groups in total. The first-order valence-corrected chi connectivity index (χ1v) is 4.69. The molecule has 1 aromatic heterocycles. The molecular weight excluding hydrogens is 166 g/mol. The van der Waals surface area contributed by atoms with Gasteiger partial charge in [-0.15, -0.1) is 0 Å². The first-order chi connectivity index (χ1) is 4.83. The molecule has 1 heterocycles. The first kappa shape index (κ1) is 7.89. The van der Waals surface area contributed by atoms with E-state index in [2.05, 4.69) is 4.98 Å². The lowest BCUT2D eigenvalue weighted by Gasteiger charge is -1.95. The predicted molar refractivity (Wildman–Crippen MR) is 46.5 cm³/mol. The van der Waals surface area contributed by atoms with Gasteiger partial charge in [0, 0.05) is 17.0 Å². The monoisotopic (exact) mass is 173 g/mol. The van der Waals surface area contributed by atoms with E-state index < -0.39 is 0 Å². The van der Waals surface area contributed by atoms with Crippen molar-refractivity contribution in [2.75, 3.05) is 6.26 Å². The fourth-order valence-electron chi connectivity index (χ4n) is 0.676. The Kier molecular flexibility index (Phi) is 3.03. The fourth-order valence-corrected chi connectivity index (χ4v) is 1.31. The summed E-state index contributed by atoms with van der Waals surface area (Å²) in [5.41, 5.74) is 1.04. The van der Waals surface area contributed by atoms with Gasteiger partial charge in [-0.1, -0.05) is 11.6 Å². The molecule has 0 aliphatic carbocycles. The van der Waals surface area contributed by atoms with Crippen molar-refractivity contribution in [2.45, 2.75) is 5.75 Å². The topological polar surface area (TPSA) is 12.9 Å². The molecule has 54 valence electrons. The quantitative estimate of drug-likeness (QED) is 0.682. The van der Waals surface area contributed by atoms with Crippen LogP contribution in [-0.4, -0.2) is 11.2 Å². The lowest BCUT2D eigenvalue weighted by Crippen LogP contribution is -1.83. The fraction of sp³-hybridized carbons (Fsp3) is 0.286. The minimum Gasteiger partial charge on any atom is -0.260 e. The predicted octanol–water partition coefficient (Wildman–Crippen LogP) is 2.60. The molecule has 0 saturated heterocycles. The van der Waals surface area contributed by atoms with E-state index in [1.165, 1.54) is 0 Å². The summed E-state index contributed by atoms with van der Waals surface area (Å²) >= 11 is 7.47. The second kappa shape index (κ2) is 3.84. The molecule has 0 spiro atoms. The number of hydrogen-bond acceptors (Lipinski definition) is 2. The zero-order valence-corrected chi connectivity index (χ0v) is 7.25. The maximum absolute atomic E-state index is 5.73. The maximum Gasteiger partial charge on any atom is 0.0517 e. The minimum absolute atomic E-state index is 0.763. The van der Waals surface area contributed by atoms with Crippen LogP contribution in [0.25, 0.3) is 0 Å². The molecule has 1 aromatic rings. The van der Waals surface area contributed by atoms with Crippen molar-refractivity contribution in [3.05, 3.63) is 29.0 Å². The molecule has 10 heavy (non-hydrogen) atoms. The second-order valence-corrected chi connectivity index (χ2v) is 3.20. The first-order valence-electron chi connectivity index (χ1n) is 2.92. The Balaban J connectivity index is 2.75. The van der Waals surface area contributed by atoms with E-state index in [-0.39, 0.29) is 0 Å². The summed E-state index contributed by atoms with van der Waals surface area (Å²) in [6, 6.07) is 3.67. The number of pyridine rings is 1. The smallest absolute Gasteiger partial charge is 0.0517 e. The normalized spacial score (nSPS) is 9.80. The standard InChI is InChI=1S/C7H8ClNS/c1-10-5-7-4-6(8)2-3-9-7/h2-4H,5H2,1H3. The van der Waals surface area contributed by atoms with E-state index in [9.17, 15) is 0 Å². The van der Waals surface area contributed by atoms with Gasteiger partial charge in [-0.3, -0.25) is 4.98 Å². The Hall–Kier alpha value is -0.210. The van der Waals surface area contributed by atoms with Gasteiger partial charge in [0.2, 0.25) is 0 Å². The molecule has 0 amide bonds. The molecular formula is C7H8ClNS. The van der Waals surface area contributed by atoms with Crippen molar-refractivity contribution in [2.24, 2.45) is 0 Å². The van der Waals surface area contributed by atoms with Gasteiger partial charge in [0.25, 0.3) is 0 Å². The van der Waals surface area contributed by atoms with Gasteiger partial charge in [-0.2, -0.15) is 11.8 Å². The van der Waals surface area contributed by atoms with Crippen molar-refractivity contribution >= 4 is 23.4 Å². The molecule has 1 nitrogen and oxygen atoms in total. The van der Waals surface area contributed by atoms with Gasteiger partial charge < -0.3 is 0 Å². The number of rotatable bonds is 2. The zero-order chi connectivity index (χ0) is 7.40. The van der Waals surface area contributed by atoms with Crippen molar-refractivity contribution in [1.82, 2.24) is 4.98 Å². The van der Waals surface area contributed by atoms with Crippen molar-refractivity contribution in [1.29, 1.82) is 0 Å². The molecule has 0 aliphatic rings. The van der Waals surface area contributed by atoms with Crippen LogP contribution in [0.5, 0.6) is 0 Å². The van der Waals surface area contributed by atoms with Crippen LogP contribution in [0.2, 0.25) is 5.02 Å². The Labute approximate surface area is 69.8 Å². The third-order valence-electron chi connectivity index (χ3n) is 1.07. The summed E-state index contributed by atoms with van der Waals surface area (Å²) in [4.78, 5) is 4.12. The van der Waals surface area contributed by atoms with Crippen LogP contribution in [0.3, 0.4) is 0 Å². The van der Waals surface area contributed by atoms with E-state index in [0.29, 0.717) is 0 Å². The Morgan fingerprint density at radius 1 is 1.70 bits per heavy atom. The van der Waals surface area contributed by atoms with Gasteiger partial charge in [0.1, 0.15) is 0 Å². The molecule has 0 atom stereocenters.